The number of fused-ring (bicyclic) bond motifs is 1. The van der Waals surface area contributed by atoms with Crippen LogP contribution < -0.4 is 10.6 Å². The number of nitrogens with one attached hydrogen (secondary N) is 1. The van der Waals surface area contributed by atoms with E-state index in [0.717, 1.165) is 12.1 Å². The van der Waals surface area contributed by atoms with Crippen molar-refractivity contribution < 1.29 is 17.6 Å². The summed E-state index contributed by atoms with van der Waals surface area (Å²) < 4.78 is 56.6. The van der Waals surface area contributed by atoms with Gasteiger partial charge in [-0.1, -0.05) is 11.6 Å². The second-order valence-electron chi connectivity index (χ2n) is 7.82. The van der Waals surface area contributed by atoms with E-state index in [1.165, 1.54) is 24.5 Å². The Hall–Kier alpha value is -3.17. The average Bonchev–Trinajstić information content (AvgIpc) is 3.14. The smallest absolute Gasteiger partial charge is 0.157 e. The summed E-state index contributed by atoms with van der Waals surface area (Å²) in [7, 11) is 0. The molecule has 32 heavy (non-hydrogen) atoms. The molecule has 0 unspecified atom stereocenters. The third-order valence-electron chi connectivity index (χ3n) is 5.48. The van der Waals surface area contributed by atoms with E-state index < -0.39 is 23.1 Å². The standard InChI is InChI=1S/C22H16ClF4N5/c23-12-1-11(2-13(24)3-12)15-6-29-7-16(20(15)32-9-22(27,8-28)10-32)21-30-18-5-14(25)4-17(26)19(18)31-21/h1-7H,8-10,28H2,(H,30,31). The lowest BCUT2D eigenvalue weighted by Gasteiger charge is -2.46. The molecule has 0 atom stereocenters. The minimum atomic E-state index is -1.57. The molecule has 0 aliphatic carbocycles. The molecule has 3 N–H and O–H groups in total. The van der Waals surface area contributed by atoms with Crippen LogP contribution in [0.4, 0.5) is 23.2 Å². The van der Waals surface area contributed by atoms with Gasteiger partial charge in [0.1, 0.15) is 23.0 Å². The van der Waals surface area contributed by atoms with Crippen molar-refractivity contribution in [2.45, 2.75) is 5.67 Å². The molecule has 2 aromatic carbocycles. The highest BCUT2D eigenvalue weighted by atomic mass is 35.5. The Morgan fingerprint density at radius 3 is 2.47 bits per heavy atom. The SMILES string of the molecule is NCC1(F)CN(c2c(-c3cc(F)cc(Cl)c3)cncc2-c2nc3c(F)cc(F)cc3[nH]2)C1. The fourth-order valence-corrected chi connectivity index (χ4v) is 4.20. The predicted molar refractivity (Wildman–Crippen MR) is 115 cm³/mol. The van der Waals surface area contributed by atoms with Gasteiger partial charge in [0, 0.05) is 35.6 Å². The van der Waals surface area contributed by atoms with Gasteiger partial charge in [-0.05, 0) is 29.8 Å². The minimum absolute atomic E-state index is 0.000219. The van der Waals surface area contributed by atoms with Crippen molar-refractivity contribution >= 4 is 28.3 Å². The van der Waals surface area contributed by atoms with Crippen molar-refractivity contribution in [1.82, 2.24) is 15.0 Å². The topological polar surface area (TPSA) is 70.8 Å². The third-order valence-corrected chi connectivity index (χ3v) is 5.70. The maximum Gasteiger partial charge on any atom is 0.157 e. The molecule has 5 rings (SSSR count). The highest BCUT2D eigenvalue weighted by molar-refractivity contribution is 6.30. The van der Waals surface area contributed by atoms with Gasteiger partial charge in [0.2, 0.25) is 0 Å². The lowest BCUT2D eigenvalue weighted by Crippen LogP contribution is -2.63. The van der Waals surface area contributed by atoms with E-state index in [-0.39, 0.29) is 41.5 Å². The number of benzene rings is 2. The van der Waals surface area contributed by atoms with Crippen molar-refractivity contribution in [3.8, 4) is 22.5 Å². The molecule has 4 aromatic rings. The number of alkyl halides is 1. The first-order valence-electron chi connectivity index (χ1n) is 9.70. The van der Waals surface area contributed by atoms with Crippen LogP contribution in [0.15, 0.2) is 42.7 Å². The van der Waals surface area contributed by atoms with Crippen LogP contribution in [0.2, 0.25) is 5.02 Å². The first kappa shape index (κ1) is 20.7. The summed E-state index contributed by atoms with van der Waals surface area (Å²) in [6.45, 7) is -0.153. The number of imidazole rings is 1. The summed E-state index contributed by atoms with van der Waals surface area (Å²) in [5, 5.41) is 0.183. The van der Waals surface area contributed by atoms with Gasteiger partial charge in [-0.2, -0.15) is 0 Å². The van der Waals surface area contributed by atoms with Crippen LogP contribution >= 0.6 is 11.6 Å². The lowest BCUT2D eigenvalue weighted by molar-refractivity contribution is 0.131. The summed E-state index contributed by atoms with van der Waals surface area (Å²) >= 11 is 6.04. The number of H-pyrrole nitrogens is 1. The Kier molecular flexibility index (Phi) is 4.83. The predicted octanol–water partition coefficient (Wildman–Crippen LogP) is 4.85. The van der Waals surface area contributed by atoms with Gasteiger partial charge in [0.05, 0.1) is 29.9 Å². The van der Waals surface area contributed by atoms with Crippen molar-refractivity contribution in [3.63, 3.8) is 0 Å². The number of nitrogens with two attached hydrogens (primary N) is 1. The van der Waals surface area contributed by atoms with Gasteiger partial charge in [-0.3, -0.25) is 4.98 Å². The summed E-state index contributed by atoms with van der Waals surface area (Å²) in [5.41, 5.74) is 5.93. The zero-order valence-corrected chi connectivity index (χ0v) is 17.2. The van der Waals surface area contributed by atoms with Crippen LogP contribution in [0, 0.1) is 17.5 Å². The fourth-order valence-electron chi connectivity index (χ4n) is 3.98. The highest BCUT2D eigenvalue weighted by Crippen LogP contribution is 2.43. The van der Waals surface area contributed by atoms with Crippen molar-refractivity contribution in [2.75, 3.05) is 24.5 Å². The second-order valence-corrected chi connectivity index (χ2v) is 8.26. The maximum atomic E-state index is 14.7. The Labute approximate surface area is 184 Å². The number of nitrogens with zero attached hydrogens (tertiary/aromatic N) is 3. The molecule has 1 aliphatic rings. The molecule has 0 bridgehead atoms. The fraction of sp³-hybridized carbons (Fsp3) is 0.182. The lowest BCUT2D eigenvalue weighted by atomic mass is 9.92. The normalized spacial score (nSPS) is 15.2. The number of hydrogen-bond donors (Lipinski definition) is 2. The highest BCUT2D eigenvalue weighted by Gasteiger charge is 2.44. The van der Waals surface area contributed by atoms with Crippen LogP contribution in [0.1, 0.15) is 0 Å². The number of anilines is 1. The van der Waals surface area contributed by atoms with Crippen LogP contribution in [0.5, 0.6) is 0 Å². The zero-order valence-electron chi connectivity index (χ0n) is 16.5. The van der Waals surface area contributed by atoms with Crippen LogP contribution in [-0.2, 0) is 0 Å². The second kappa shape index (κ2) is 7.46. The van der Waals surface area contributed by atoms with E-state index in [1.54, 1.807) is 11.0 Å². The maximum absolute atomic E-state index is 14.7. The molecule has 0 amide bonds. The first-order valence-corrected chi connectivity index (χ1v) is 10.1. The molecule has 0 saturated carbocycles. The molecule has 3 heterocycles. The molecule has 1 aliphatic heterocycles. The number of halogens is 5. The molecular formula is C22H16ClF4N5. The molecule has 5 nitrogen and oxygen atoms in total. The van der Waals surface area contributed by atoms with Gasteiger partial charge in [0.15, 0.2) is 11.5 Å². The Morgan fingerprint density at radius 1 is 1.03 bits per heavy atom. The summed E-state index contributed by atoms with van der Waals surface area (Å²) in [6, 6.07) is 5.89. The molecule has 2 aromatic heterocycles. The molecule has 1 saturated heterocycles. The van der Waals surface area contributed by atoms with Gasteiger partial charge in [-0.15, -0.1) is 0 Å². The van der Waals surface area contributed by atoms with E-state index in [1.807, 2.05) is 0 Å². The average molecular weight is 462 g/mol. The van der Waals surface area contributed by atoms with Crippen molar-refractivity contribution in [3.05, 3.63) is 65.2 Å². The third kappa shape index (κ3) is 3.47. The van der Waals surface area contributed by atoms with Gasteiger partial charge < -0.3 is 15.6 Å². The van der Waals surface area contributed by atoms with Crippen molar-refractivity contribution in [2.24, 2.45) is 5.73 Å². The van der Waals surface area contributed by atoms with Gasteiger partial charge >= 0.3 is 0 Å². The number of rotatable bonds is 4. The summed E-state index contributed by atoms with van der Waals surface area (Å²) in [5.74, 6) is -1.91. The van der Waals surface area contributed by atoms with Crippen molar-refractivity contribution in [1.29, 1.82) is 0 Å². The number of aromatic nitrogens is 3. The van der Waals surface area contributed by atoms with E-state index in [9.17, 15) is 17.6 Å². The quantitative estimate of drug-likeness (QED) is 0.426. The molecule has 10 heteroatoms. The number of aromatic amines is 1. The van der Waals surface area contributed by atoms with Gasteiger partial charge in [0.25, 0.3) is 0 Å². The Morgan fingerprint density at radius 2 is 1.75 bits per heavy atom. The summed E-state index contributed by atoms with van der Waals surface area (Å²) in [6.07, 6.45) is 2.99. The van der Waals surface area contributed by atoms with Crippen LogP contribution in [0.3, 0.4) is 0 Å². The molecule has 0 radical (unpaired) electrons. The Bertz CT molecular complexity index is 1330. The van der Waals surface area contributed by atoms with Crippen LogP contribution in [0.25, 0.3) is 33.5 Å². The number of pyridine rings is 1. The number of hydrogen-bond acceptors (Lipinski definition) is 4. The van der Waals surface area contributed by atoms with E-state index in [4.69, 9.17) is 17.3 Å². The van der Waals surface area contributed by atoms with E-state index >= 15 is 0 Å². The monoisotopic (exact) mass is 461 g/mol. The molecule has 164 valence electrons. The van der Waals surface area contributed by atoms with Crippen LogP contribution in [-0.4, -0.2) is 40.3 Å². The molecule has 0 spiro atoms. The molecular weight excluding hydrogens is 446 g/mol. The van der Waals surface area contributed by atoms with E-state index in [2.05, 4.69) is 15.0 Å². The Balaban J connectivity index is 1.72. The zero-order chi connectivity index (χ0) is 22.6. The van der Waals surface area contributed by atoms with E-state index in [0.29, 0.717) is 22.4 Å². The largest absolute Gasteiger partial charge is 0.364 e. The minimum Gasteiger partial charge on any atom is -0.364 e. The molecule has 1 fully saturated rings. The summed E-state index contributed by atoms with van der Waals surface area (Å²) in [4.78, 5) is 13.1. The first-order chi connectivity index (χ1) is 15.3. The van der Waals surface area contributed by atoms with Gasteiger partial charge in [-0.25, -0.2) is 22.5 Å².